The largest absolute Gasteiger partial charge is 0.481 e. The van der Waals surface area contributed by atoms with Crippen LogP contribution in [0.2, 0.25) is 0 Å². The van der Waals surface area contributed by atoms with Crippen LogP contribution in [0.1, 0.15) is 35.6 Å². The van der Waals surface area contributed by atoms with Crippen molar-refractivity contribution in [3.63, 3.8) is 0 Å². The number of carboxylic acid groups (broad SMARTS) is 1. The van der Waals surface area contributed by atoms with Crippen LogP contribution in [0.5, 0.6) is 0 Å². The van der Waals surface area contributed by atoms with Gasteiger partial charge in [0.2, 0.25) is 0 Å². The van der Waals surface area contributed by atoms with E-state index in [-0.39, 0.29) is 11.8 Å². The number of likely N-dealkylation sites (tertiary alicyclic amines) is 1. The fraction of sp³-hybridized carbons (Fsp3) is 0.273. The number of carbonyl (C=O) groups is 1. The number of aromatic nitrogens is 3. The summed E-state index contributed by atoms with van der Waals surface area (Å²) in [6.45, 7) is 4.86. The number of oxime groups is 1. The average molecular weight is 548 g/mol. The number of benzene rings is 2. The first-order valence-corrected chi connectivity index (χ1v) is 14.0. The Balaban J connectivity index is 1.20. The first-order chi connectivity index (χ1) is 20.0. The number of hydrogen-bond donors (Lipinski definition) is 1. The molecule has 0 aliphatic carbocycles. The Hall–Kier alpha value is -4.56. The summed E-state index contributed by atoms with van der Waals surface area (Å²) in [4.78, 5) is 23.6. The van der Waals surface area contributed by atoms with Crippen molar-refractivity contribution in [1.29, 1.82) is 0 Å². The summed E-state index contributed by atoms with van der Waals surface area (Å²) in [5, 5.41) is 18.5. The fourth-order valence-corrected chi connectivity index (χ4v) is 5.44. The second kappa shape index (κ2) is 11.9. The van der Waals surface area contributed by atoms with Gasteiger partial charge in [0.25, 0.3) is 0 Å². The normalized spacial score (nSPS) is 17.6. The molecule has 1 atom stereocenters. The Bertz CT molecular complexity index is 1560. The first-order valence-electron chi connectivity index (χ1n) is 14.0. The summed E-state index contributed by atoms with van der Waals surface area (Å²) in [6.07, 6.45) is 9.23. The molecule has 4 aromatic rings. The summed E-state index contributed by atoms with van der Waals surface area (Å²) in [7, 11) is 0. The Morgan fingerprint density at radius 3 is 2.46 bits per heavy atom. The second-order valence-corrected chi connectivity index (χ2v) is 10.8. The van der Waals surface area contributed by atoms with Crippen LogP contribution in [0.3, 0.4) is 0 Å². The van der Waals surface area contributed by atoms with Gasteiger partial charge in [-0.1, -0.05) is 66.7 Å². The van der Waals surface area contributed by atoms with Crippen LogP contribution in [0.25, 0.3) is 17.0 Å². The Kier molecular flexibility index (Phi) is 7.73. The Labute approximate surface area is 239 Å². The molecule has 6 rings (SSSR count). The number of allylic oxidation sites excluding steroid dienone is 1. The van der Waals surface area contributed by atoms with Gasteiger partial charge in [0, 0.05) is 50.1 Å². The number of hydrogen-bond acceptors (Lipinski definition) is 6. The first kappa shape index (κ1) is 26.7. The molecule has 41 heavy (non-hydrogen) atoms. The molecule has 0 bridgehead atoms. The topological polar surface area (TPSA) is 92.8 Å². The molecule has 0 radical (unpaired) electrons. The van der Waals surface area contributed by atoms with Crippen LogP contribution >= 0.6 is 0 Å². The lowest BCUT2D eigenvalue weighted by molar-refractivity contribution is -0.147. The number of carboxylic acids is 1. The van der Waals surface area contributed by atoms with Gasteiger partial charge in [-0.3, -0.25) is 19.4 Å². The highest BCUT2D eigenvalue weighted by Crippen LogP contribution is 2.33. The van der Waals surface area contributed by atoms with Crippen molar-refractivity contribution in [3.05, 3.63) is 114 Å². The van der Waals surface area contributed by atoms with Crippen molar-refractivity contribution in [2.24, 2.45) is 17.0 Å². The predicted molar refractivity (Wildman–Crippen MR) is 158 cm³/mol. The van der Waals surface area contributed by atoms with Crippen molar-refractivity contribution in [2.75, 3.05) is 13.1 Å². The number of aliphatic carboxylic acids is 1. The zero-order chi connectivity index (χ0) is 28.2. The lowest BCUT2D eigenvalue weighted by Crippen LogP contribution is -2.49. The fourth-order valence-electron chi connectivity index (χ4n) is 5.44. The van der Waals surface area contributed by atoms with E-state index in [9.17, 15) is 4.79 Å². The molecule has 1 saturated heterocycles. The molecule has 208 valence electrons. The molecule has 4 heterocycles. The van der Waals surface area contributed by atoms with Gasteiger partial charge < -0.3 is 9.94 Å². The highest BCUT2D eigenvalue weighted by molar-refractivity contribution is 6.02. The van der Waals surface area contributed by atoms with Crippen LogP contribution in [0.4, 0.5) is 0 Å². The molecule has 2 aliphatic heterocycles. The molecule has 1 fully saturated rings. The van der Waals surface area contributed by atoms with Gasteiger partial charge in [0.15, 0.2) is 5.76 Å². The zero-order valence-electron chi connectivity index (χ0n) is 23.1. The van der Waals surface area contributed by atoms with Crippen molar-refractivity contribution in [3.8, 4) is 11.3 Å². The van der Waals surface area contributed by atoms with Gasteiger partial charge in [-0.2, -0.15) is 5.10 Å². The van der Waals surface area contributed by atoms with Crippen LogP contribution in [-0.4, -0.2) is 49.5 Å². The average Bonchev–Trinajstić information content (AvgIpc) is 3.30. The van der Waals surface area contributed by atoms with Crippen LogP contribution in [0, 0.1) is 11.8 Å². The lowest BCUT2D eigenvalue weighted by atomic mass is 9.94. The number of pyridine rings is 1. The number of aryl methyl sites for hydroxylation is 2. The van der Waals surface area contributed by atoms with Gasteiger partial charge in [0.05, 0.1) is 29.1 Å². The standard InChI is InChI=1S/C33H33N5O3/c1-23-7-12-30(41-36-31(23)26-10-8-25(9-11-26)20-37-21-28(22-37)33(39)40)29-19-35-38(18-15-24-5-3-2-4-6-24)32(29)27-13-16-34-17-14-27/h2-6,8-14,16-17,19,23,28H,7,15,18,20-22H2,1H3,(H,39,40). The van der Waals surface area contributed by atoms with E-state index in [4.69, 9.17) is 15.0 Å². The van der Waals surface area contributed by atoms with E-state index >= 15 is 0 Å². The molecule has 2 aliphatic rings. The monoisotopic (exact) mass is 547 g/mol. The molecular weight excluding hydrogens is 514 g/mol. The second-order valence-electron chi connectivity index (χ2n) is 10.8. The summed E-state index contributed by atoms with van der Waals surface area (Å²) in [5.41, 5.74) is 7.27. The third kappa shape index (κ3) is 5.98. The van der Waals surface area contributed by atoms with Gasteiger partial charge in [-0.15, -0.1) is 0 Å². The van der Waals surface area contributed by atoms with Crippen molar-refractivity contribution >= 4 is 17.4 Å². The minimum Gasteiger partial charge on any atom is -0.481 e. The van der Waals surface area contributed by atoms with Gasteiger partial charge in [0.1, 0.15) is 0 Å². The minimum absolute atomic E-state index is 0.169. The van der Waals surface area contributed by atoms with E-state index in [2.05, 4.69) is 76.6 Å². The van der Waals surface area contributed by atoms with Gasteiger partial charge in [-0.25, -0.2) is 0 Å². The third-order valence-corrected chi connectivity index (χ3v) is 7.84. The molecule has 8 heteroatoms. The van der Waals surface area contributed by atoms with E-state index < -0.39 is 5.97 Å². The molecule has 2 aromatic heterocycles. The molecule has 2 aromatic carbocycles. The summed E-state index contributed by atoms with van der Waals surface area (Å²) >= 11 is 0. The smallest absolute Gasteiger partial charge is 0.309 e. The summed E-state index contributed by atoms with van der Waals surface area (Å²) in [6, 6.07) is 22.8. The maximum atomic E-state index is 11.1. The Morgan fingerprint density at radius 1 is 0.976 bits per heavy atom. The van der Waals surface area contributed by atoms with Crippen LogP contribution < -0.4 is 0 Å². The quantitative estimate of drug-likeness (QED) is 0.297. The summed E-state index contributed by atoms with van der Waals surface area (Å²) in [5.74, 6) is -0.0868. The molecule has 0 saturated carbocycles. The predicted octanol–water partition coefficient (Wildman–Crippen LogP) is 5.51. The SMILES string of the molecule is CC1CC=C(c2cnn(CCc3ccccc3)c2-c2ccncc2)ON=C1c1ccc(CN2CC(C(=O)O)C2)cc1. The molecule has 0 spiro atoms. The van der Waals surface area contributed by atoms with E-state index in [1.165, 1.54) is 5.56 Å². The highest BCUT2D eigenvalue weighted by atomic mass is 16.6. The van der Waals surface area contributed by atoms with Crippen molar-refractivity contribution < 1.29 is 14.7 Å². The molecule has 1 N–H and O–H groups in total. The van der Waals surface area contributed by atoms with Crippen LogP contribution in [-0.2, 0) is 29.1 Å². The third-order valence-electron chi connectivity index (χ3n) is 7.84. The lowest BCUT2D eigenvalue weighted by Gasteiger charge is -2.36. The molecule has 0 amide bonds. The van der Waals surface area contributed by atoms with Crippen LogP contribution in [0.15, 0.2) is 96.6 Å². The molecular formula is C33H33N5O3. The highest BCUT2D eigenvalue weighted by Gasteiger charge is 2.32. The van der Waals surface area contributed by atoms with E-state index in [0.717, 1.165) is 59.6 Å². The van der Waals surface area contributed by atoms with Crippen molar-refractivity contribution in [1.82, 2.24) is 19.7 Å². The number of rotatable bonds is 9. The van der Waals surface area contributed by atoms with E-state index in [1.807, 2.05) is 29.1 Å². The van der Waals surface area contributed by atoms with Crippen molar-refractivity contribution in [2.45, 2.75) is 32.9 Å². The summed E-state index contributed by atoms with van der Waals surface area (Å²) < 4.78 is 2.04. The number of nitrogens with zero attached hydrogens (tertiary/aromatic N) is 5. The van der Waals surface area contributed by atoms with E-state index in [1.54, 1.807) is 12.4 Å². The Morgan fingerprint density at radius 2 is 1.73 bits per heavy atom. The van der Waals surface area contributed by atoms with Gasteiger partial charge >= 0.3 is 5.97 Å². The minimum atomic E-state index is -0.711. The maximum absolute atomic E-state index is 11.1. The molecule has 8 nitrogen and oxygen atoms in total. The van der Waals surface area contributed by atoms with Gasteiger partial charge in [-0.05, 0) is 47.7 Å². The van der Waals surface area contributed by atoms with E-state index in [0.29, 0.717) is 18.8 Å². The maximum Gasteiger partial charge on any atom is 0.309 e. The molecule has 1 unspecified atom stereocenters. The zero-order valence-corrected chi connectivity index (χ0v) is 23.1.